The maximum atomic E-state index is 11.2. The molecule has 3 rings (SSSR count). The minimum atomic E-state index is -1.16. The predicted molar refractivity (Wildman–Crippen MR) is 64.6 cm³/mol. The van der Waals surface area contributed by atoms with Gasteiger partial charge in [-0.15, -0.1) is 0 Å². The summed E-state index contributed by atoms with van der Waals surface area (Å²) < 4.78 is 1.11. The molecular formula is C11H8N4O4. The molecule has 1 unspecified atom stereocenters. The molecule has 0 amide bonds. The van der Waals surface area contributed by atoms with Crippen LogP contribution < -0.4 is 5.32 Å². The fourth-order valence-corrected chi connectivity index (χ4v) is 2.13. The van der Waals surface area contributed by atoms with Crippen LogP contribution in [0, 0.1) is 10.1 Å². The average Bonchev–Trinajstić information content (AvgIpc) is 2.82. The Morgan fingerprint density at radius 2 is 2.21 bits per heavy atom. The molecule has 1 aromatic heterocycles. The highest BCUT2D eigenvalue weighted by Crippen LogP contribution is 2.40. The van der Waals surface area contributed by atoms with E-state index in [1.165, 1.54) is 0 Å². The number of rotatable bonds is 2. The van der Waals surface area contributed by atoms with Gasteiger partial charge in [0, 0.05) is 11.3 Å². The number of anilines is 1. The Bertz CT molecular complexity index is 694. The van der Waals surface area contributed by atoms with Crippen molar-refractivity contribution in [2.75, 3.05) is 5.32 Å². The largest absolute Gasteiger partial charge is 0.478 e. The van der Waals surface area contributed by atoms with E-state index in [4.69, 9.17) is 5.11 Å². The van der Waals surface area contributed by atoms with Crippen molar-refractivity contribution in [1.29, 1.82) is 0 Å². The highest BCUT2D eigenvalue weighted by Gasteiger charge is 2.35. The first-order chi connectivity index (χ1) is 9.09. The predicted octanol–water partition coefficient (Wildman–Crippen LogP) is 1.47. The summed E-state index contributed by atoms with van der Waals surface area (Å²) in [5.74, 6) is -1.16. The molecule has 0 bridgehead atoms. The van der Waals surface area contributed by atoms with E-state index in [1.54, 1.807) is 24.3 Å². The normalized spacial score (nSPS) is 16.1. The van der Waals surface area contributed by atoms with Gasteiger partial charge in [0.2, 0.25) is 6.17 Å². The smallest absolute Gasteiger partial charge is 0.349 e. The lowest BCUT2D eigenvalue weighted by Crippen LogP contribution is -2.31. The lowest BCUT2D eigenvalue weighted by atomic mass is 10.1. The van der Waals surface area contributed by atoms with E-state index in [2.05, 4.69) is 10.4 Å². The Labute approximate surface area is 106 Å². The van der Waals surface area contributed by atoms with Crippen molar-refractivity contribution in [3.63, 3.8) is 0 Å². The van der Waals surface area contributed by atoms with Gasteiger partial charge in [-0.25, -0.2) is 9.48 Å². The molecule has 0 saturated carbocycles. The standard InChI is InChI=1S/C11H8N4O4/c16-11(17)10-13-7-4-2-1-3-6(7)9-8(15(18)19)5-12-14(9)10/h1-5,10,13H,(H,16,17). The summed E-state index contributed by atoms with van der Waals surface area (Å²) in [5, 5.41) is 26.8. The maximum absolute atomic E-state index is 11.2. The number of para-hydroxylation sites is 1. The first kappa shape index (κ1) is 11.2. The summed E-state index contributed by atoms with van der Waals surface area (Å²) in [6.07, 6.45) is -0.0895. The molecule has 1 aliphatic rings. The van der Waals surface area contributed by atoms with Crippen LogP contribution in [0.2, 0.25) is 0 Å². The number of benzene rings is 1. The Morgan fingerprint density at radius 1 is 1.47 bits per heavy atom. The molecule has 1 atom stereocenters. The van der Waals surface area contributed by atoms with Crippen LogP contribution in [0.25, 0.3) is 11.3 Å². The number of nitro groups is 1. The van der Waals surface area contributed by atoms with Gasteiger partial charge in [-0.2, -0.15) is 5.10 Å². The number of nitrogens with one attached hydrogen (secondary N) is 1. The van der Waals surface area contributed by atoms with Gasteiger partial charge in [0.15, 0.2) is 5.69 Å². The SMILES string of the molecule is O=C(O)C1Nc2ccccc2-c2c([N+](=O)[O-])cnn21. The van der Waals surface area contributed by atoms with Gasteiger partial charge in [0.05, 0.1) is 4.92 Å². The topological polar surface area (TPSA) is 110 Å². The van der Waals surface area contributed by atoms with Crippen LogP contribution in [0.4, 0.5) is 11.4 Å². The molecule has 0 aliphatic carbocycles. The Balaban J connectivity index is 2.30. The molecule has 8 nitrogen and oxygen atoms in total. The summed E-state index contributed by atoms with van der Waals surface area (Å²) in [6.45, 7) is 0. The molecule has 8 heteroatoms. The van der Waals surface area contributed by atoms with Gasteiger partial charge in [-0.3, -0.25) is 10.1 Å². The number of hydrogen-bond acceptors (Lipinski definition) is 5. The molecule has 0 spiro atoms. The van der Waals surface area contributed by atoms with Crippen molar-refractivity contribution in [2.24, 2.45) is 0 Å². The van der Waals surface area contributed by atoms with Gasteiger partial charge < -0.3 is 10.4 Å². The molecular weight excluding hydrogens is 252 g/mol. The van der Waals surface area contributed by atoms with Crippen molar-refractivity contribution in [3.8, 4) is 11.3 Å². The van der Waals surface area contributed by atoms with Gasteiger partial charge >= 0.3 is 11.7 Å². The van der Waals surface area contributed by atoms with Crippen molar-refractivity contribution in [1.82, 2.24) is 9.78 Å². The highest BCUT2D eigenvalue weighted by atomic mass is 16.6. The van der Waals surface area contributed by atoms with Crippen molar-refractivity contribution in [3.05, 3.63) is 40.6 Å². The summed E-state index contributed by atoms with van der Waals surface area (Å²) >= 11 is 0. The van der Waals surface area contributed by atoms with Crippen LogP contribution >= 0.6 is 0 Å². The zero-order valence-corrected chi connectivity index (χ0v) is 9.48. The van der Waals surface area contributed by atoms with Crippen LogP contribution in [0.15, 0.2) is 30.5 Å². The fraction of sp³-hybridized carbons (Fsp3) is 0.0909. The monoisotopic (exact) mass is 260 g/mol. The number of aromatic nitrogens is 2. The Kier molecular flexibility index (Phi) is 2.24. The first-order valence-electron chi connectivity index (χ1n) is 5.40. The molecule has 0 fully saturated rings. The lowest BCUT2D eigenvalue weighted by molar-refractivity contribution is -0.384. The second kappa shape index (κ2) is 3.80. The zero-order valence-electron chi connectivity index (χ0n) is 9.48. The summed E-state index contributed by atoms with van der Waals surface area (Å²) in [7, 11) is 0. The van der Waals surface area contributed by atoms with Crippen molar-refractivity contribution >= 4 is 17.3 Å². The molecule has 0 radical (unpaired) electrons. The van der Waals surface area contributed by atoms with Gasteiger partial charge in [0.1, 0.15) is 6.20 Å². The minimum absolute atomic E-state index is 0.201. The molecule has 2 N–H and O–H groups in total. The number of carboxylic acid groups (broad SMARTS) is 1. The summed E-state index contributed by atoms with van der Waals surface area (Å²) in [6, 6.07) is 6.80. The number of aliphatic carboxylic acids is 1. The van der Waals surface area contributed by atoms with Crippen molar-refractivity contribution < 1.29 is 14.8 Å². The second-order valence-electron chi connectivity index (χ2n) is 4.01. The van der Waals surface area contributed by atoms with E-state index in [-0.39, 0.29) is 11.4 Å². The third kappa shape index (κ3) is 1.53. The second-order valence-corrected chi connectivity index (χ2v) is 4.01. The summed E-state index contributed by atoms with van der Waals surface area (Å²) in [4.78, 5) is 21.6. The number of nitrogens with zero attached hydrogens (tertiary/aromatic N) is 3. The van der Waals surface area contributed by atoms with E-state index in [0.29, 0.717) is 11.3 Å². The zero-order chi connectivity index (χ0) is 13.6. The Morgan fingerprint density at radius 3 is 2.89 bits per heavy atom. The van der Waals surface area contributed by atoms with Crippen LogP contribution in [0.5, 0.6) is 0 Å². The molecule has 0 saturated heterocycles. The molecule has 96 valence electrons. The molecule has 1 aromatic carbocycles. The third-order valence-corrected chi connectivity index (χ3v) is 2.93. The van der Waals surface area contributed by atoms with Crippen LogP contribution in [0.3, 0.4) is 0 Å². The van der Waals surface area contributed by atoms with E-state index in [1.807, 2.05) is 0 Å². The van der Waals surface area contributed by atoms with E-state index in [9.17, 15) is 14.9 Å². The van der Waals surface area contributed by atoms with Gasteiger partial charge in [0.25, 0.3) is 0 Å². The van der Waals surface area contributed by atoms with Crippen LogP contribution in [0.1, 0.15) is 6.17 Å². The number of carbonyl (C=O) groups is 1. The van der Waals surface area contributed by atoms with Crippen LogP contribution in [-0.2, 0) is 4.79 Å². The first-order valence-corrected chi connectivity index (χ1v) is 5.40. The lowest BCUT2D eigenvalue weighted by Gasteiger charge is -2.25. The molecule has 1 aliphatic heterocycles. The number of hydrogen-bond donors (Lipinski definition) is 2. The quantitative estimate of drug-likeness (QED) is 0.624. The van der Waals surface area contributed by atoms with E-state index in [0.717, 1.165) is 10.9 Å². The average molecular weight is 260 g/mol. The third-order valence-electron chi connectivity index (χ3n) is 2.93. The fourth-order valence-electron chi connectivity index (χ4n) is 2.13. The van der Waals surface area contributed by atoms with E-state index < -0.39 is 17.1 Å². The highest BCUT2D eigenvalue weighted by molar-refractivity contribution is 5.88. The Hall–Kier alpha value is -2.90. The summed E-state index contributed by atoms with van der Waals surface area (Å²) in [5.41, 5.74) is 1.09. The molecule has 2 heterocycles. The van der Waals surface area contributed by atoms with Crippen molar-refractivity contribution in [2.45, 2.75) is 6.17 Å². The maximum Gasteiger partial charge on any atom is 0.349 e. The van der Waals surface area contributed by atoms with Gasteiger partial charge in [-0.1, -0.05) is 18.2 Å². The number of carboxylic acids is 1. The van der Waals surface area contributed by atoms with Crippen LogP contribution in [-0.4, -0.2) is 25.8 Å². The molecule has 19 heavy (non-hydrogen) atoms. The minimum Gasteiger partial charge on any atom is -0.478 e. The van der Waals surface area contributed by atoms with Gasteiger partial charge in [-0.05, 0) is 6.07 Å². The number of fused-ring (bicyclic) bond motifs is 3. The molecule has 2 aromatic rings. The van der Waals surface area contributed by atoms with E-state index >= 15 is 0 Å².